The molecule has 0 bridgehead atoms. The molecule has 4 heteroatoms. The van der Waals surface area contributed by atoms with E-state index in [9.17, 15) is 0 Å². The summed E-state index contributed by atoms with van der Waals surface area (Å²) in [6, 6.07) is 9.99. The zero-order chi connectivity index (χ0) is 10.3. The lowest BCUT2D eigenvalue weighted by Gasteiger charge is -2.01. The third kappa shape index (κ3) is 1.22. The van der Waals surface area contributed by atoms with Gasteiger partial charge < -0.3 is 5.73 Å². The smallest absolute Gasteiger partial charge is 0.205 e. The van der Waals surface area contributed by atoms with Gasteiger partial charge in [-0.2, -0.15) is 11.3 Å². The molecular weight excluding hydrogens is 206 g/mol. The fourth-order valence-electron chi connectivity index (χ4n) is 1.70. The molecule has 0 radical (unpaired) electrons. The van der Waals surface area contributed by atoms with Crippen molar-refractivity contribution in [1.82, 2.24) is 9.55 Å². The zero-order valence-electron chi connectivity index (χ0n) is 7.92. The van der Waals surface area contributed by atoms with Crippen molar-refractivity contribution in [3.8, 4) is 5.69 Å². The average molecular weight is 215 g/mol. The first-order valence-corrected chi connectivity index (χ1v) is 5.56. The number of fused-ring (bicyclic) bond motifs is 1. The number of imidazole rings is 1. The molecule has 0 saturated carbocycles. The molecule has 3 rings (SSSR count). The van der Waals surface area contributed by atoms with Gasteiger partial charge in [0, 0.05) is 5.38 Å². The third-order valence-electron chi connectivity index (χ3n) is 2.35. The standard InChI is InChI=1S/C11H9N3S/c12-11-13-9-3-1-2-4-10(9)14(11)8-5-6-15-7-8/h1-7H,(H2,12,13). The van der Waals surface area contributed by atoms with Gasteiger partial charge in [-0.1, -0.05) is 12.1 Å². The fraction of sp³-hybridized carbons (Fsp3) is 0. The van der Waals surface area contributed by atoms with Gasteiger partial charge in [0.25, 0.3) is 0 Å². The average Bonchev–Trinajstić information content (AvgIpc) is 2.82. The summed E-state index contributed by atoms with van der Waals surface area (Å²) < 4.78 is 1.96. The van der Waals surface area contributed by atoms with Crippen LogP contribution in [0, 0.1) is 0 Å². The highest BCUT2D eigenvalue weighted by molar-refractivity contribution is 7.08. The molecule has 3 nitrogen and oxygen atoms in total. The molecule has 0 amide bonds. The van der Waals surface area contributed by atoms with E-state index in [-0.39, 0.29) is 0 Å². The Morgan fingerprint density at radius 1 is 1.20 bits per heavy atom. The summed E-state index contributed by atoms with van der Waals surface area (Å²) in [7, 11) is 0. The SMILES string of the molecule is Nc1nc2ccccc2n1-c1ccsc1. The maximum Gasteiger partial charge on any atom is 0.205 e. The van der Waals surface area contributed by atoms with Crippen LogP contribution in [0.1, 0.15) is 0 Å². The molecule has 0 aliphatic carbocycles. The Bertz CT molecular complexity index is 595. The lowest BCUT2D eigenvalue weighted by atomic mass is 10.3. The number of anilines is 1. The van der Waals surface area contributed by atoms with E-state index in [1.807, 2.05) is 40.3 Å². The minimum Gasteiger partial charge on any atom is -0.369 e. The predicted octanol–water partition coefficient (Wildman–Crippen LogP) is 2.67. The maximum absolute atomic E-state index is 5.90. The topological polar surface area (TPSA) is 43.8 Å². The van der Waals surface area contributed by atoms with E-state index in [0.29, 0.717) is 5.95 Å². The van der Waals surface area contributed by atoms with Crippen LogP contribution in [-0.4, -0.2) is 9.55 Å². The fourth-order valence-corrected chi connectivity index (χ4v) is 2.32. The highest BCUT2D eigenvalue weighted by atomic mass is 32.1. The van der Waals surface area contributed by atoms with Crippen LogP contribution in [0.5, 0.6) is 0 Å². The Balaban J connectivity index is 2.39. The molecule has 15 heavy (non-hydrogen) atoms. The van der Waals surface area contributed by atoms with Crippen molar-refractivity contribution in [2.45, 2.75) is 0 Å². The van der Waals surface area contributed by atoms with E-state index >= 15 is 0 Å². The highest BCUT2D eigenvalue weighted by Crippen LogP contribution is 2.23. The molecule has 2 N–H and O–H groups in total. The van der Waals surface area contributed by atoms with Gasteiger partial charge in [0.2, 0.25) is 5.95 Å². The normalized spacial score (nSPS) is 10.9. The number of nitrogens with two attached hydrogens (primary N) is 1. The Morgan fingerprint density at radius 2 is 2.07 bits per heavy atom. The first kappa shape index (κ1) is 8.49. The number of aromatic nitrogens is 2. The van der Waals surface area contributed by atoms with Crippen LogP contribution in [0.4, 0.5) is 5.95 Å². The molecule has 0 aliphatic rings. The van der Waals surface area contributed by atoms with Crippen molar-refractivity contribution in [2.75, 3.05) is 5.73 Å². The van der Waals surface area contributed by atoms with Crippen molar-refractivity contribution in [3.63, 3.8) is 0 Å². The maximum atomic E-state index is 5.90. The highest BCUT2D eigenvalue weighted by Gasteiger charge is 2.08. The summed E-state index contributed by atoms with van der Waals surface area (Å²) in [6.45, 7) is 0. The molecule has 3 aromatic rings. The molecule has 74 valence electrons. The largest absolute Gasteiger partial charge is 0.369 e. The Kier molecular flexibility index (Phi) is 1.76. The van der Waals surface area contributed by atoms with Crippen LogP contribution in [0.25, 0.3) is 16.7 Å². The number of thiophene rings is 1. The number of rotatable bonds is 1. The van der Waals surface area contributed by atoms with Crippen molar-refractivity contribution >= 4 is 28.3 Å². The molecule has 0 spiro atoms. The summed E-state index contributed by atoms with van der Waals surface area (Å²) in [5, 5.41) is 4.09. The second-order valence-corrected chi connectivity index (χ2v) is 4.06. The molecule has 1 aromatic carbocycles. The second-order valence-electron chi connectivity index (χ2n) is 3.28. The first-order chi connectivity index (χ1) is 7.36. The van der Waals surface area contributed by atoms with E-state index in [1.54, 1.807) is 11.3 Å². The monoisotopic (exact) mass is 215 g/mol. The van der Waals surface area contributed by atoms with Gasteiger partial charge in [-0.15, -0.1) is 0 Å². The van der Waals surface area contributed by atoms with Crippen LogP contribution < -0.4 is 5.73 Å². The predicted molar refractivity (Wildman–Crippen MR) is 63.4 cm³/mol. The van der Waals surface area contributed by atoms with Gasteiger partial charge in [-0.25, -0.2) is 4.98 Å². The molecule has 2 aromatic heterocycles. The Hall–Kier alpha value is -1.81. The van der Waals surface area contributed by atoms with Crippen LogP contribution in [0.3, 0.4) is 0 Å². The van der Waals surface area contributed by atoms with E-state index in [4.69, 9.17) is 5.73 Å². The van der Waals surface area contributed by atoms with Gasteiger partial charge in [-0.05, 0) is 23.6 Å². The quantitative estimate of drug-likeness (QED) is 0.678. The number of hydrogen-bond donors (Lipinski definition) is 1. The van der Waals surface area contributed by atoms with Gasteiger partial charge in [-0.3, -0.25) is 4.57 Å². The summed E-state index contributed by atoms with van der Waals surface area (Å²) in [5.74, 6) is 0.537. The van der Waals surface area contributed by atoms with Crippen LogP contribution in [-0.2, 0) is 0 Å². The second kappa shape index (κ2) is 3.10. The molecule has 0 atom stereocenters. The van der Waals surface area contributed by atoms with Gasteiger partial charge in [0.1, 0.15) is 0 Å². The van der Waals surface area contributed by atoms with Crippen molar-refractivity contribution in [3.05, 3.63) is 41.1 Å². The van der Waals surface area contributed by atoms with E-state index in [0.717, 1.165) is 16.7 Å². The van der Waals surface area contributed by atoms with Crippen molar-refractivity contribution in [2.24, 2.45) is 0 Å². The summed E-state index contributed by atoms with van der Waals surface area (Å²) in [5.41, 5.74) is 8.96. The van der Waals surface area contributed by atoms with Gasteiger partial charge in [0.05, 0.1) is 16.7 Å². The van der Waals surface area contributed by atoms with Crippen LogP contribution in [0.15, 0.2) is 41.1 Å². The third-order valence-corrected chi connectivity index (χ3v) is 3.02. The number of para-hydroxylation sites is 2. The summed E-state index contributed by atoms with van der Waals surface area (Å²) >= 11 is 1.65. The van der Waals surface area contributed by atoms with E-state index in [1.165, 1.54) is 0 Å². The lowest BCUT2D eigenvalue weighted by molar-refractivity contribution is 1.12. The van der Waals surface area contributed by atoms with E-state index in [2.05, 4.69) is 10.4 Å². The number of hydrogen-bond acceptors (Lipinski definition) is 3. The number of nitrogen functional groups attached to an aromatic ring is 1. The van der Waals surface area contributed by atoms with Crippen molar-refractivity contribution < 1.29 is 0 Å². The minimum atomic E-state index is 0.537. The van der Waals surface area contributed by atoms with Crippen LogP contribution in [0.2, 0.25) is 0 Å². The summed E-state index contributed by atoms with van der Waals surface area (Å²) in [4.78, 5) is 4.31. The Labute approximate surface area is 90.8 Å². The van der Waals surface area contributed by atoms with Crippen molar-refractivity contribution in [1.29, 1.82) is 0 Å². The Morgan fingerprint density at radius 3 is 2.87 bits per heavy atom. The molecular formula is C11H9N3S. The molecule has 0 saturated heterocycles. The number of nitrogens with zero attached hydrogens (tertiary/aromatic N) is 2. The van der Waals surface area contributed by atoms with Crippen LogP contribution >= 0.6 is 11.3 Å². The van der Waals surface area contributed by atoms with Gasteiger partial charge >= 0.3 is 0 Å². The summed E-state index contributed by atoms with van der Waals surface area (Å²) in [6.07, 6.45) is 0. The molecule has 0 unspecified atom stereocenters. The molecule has 2 heterocycles. The zero-order valence-corrected chi connectivity index (χ0v) is 8.74. The minimum absolute atomic E-state index is 0.537. The van der Waals surface area contributed by atoms with Gasteiger partial charge in [0.15, 0.2) is 0 Å². The molecule has 0 fully saturated rings. The first-order valence-electron chi connectivity index (χ1n) is 4.62. The number of benzene rings is 1. The lowest BCUT2D eigenvalue weighted by Crippen LogP contribution is -1.98. The molecule has 0 aliphatic heterocycles. The van der Waals surface area contributed by atoms with E-state index < -0.39 is 0 Å².